The smallest absolute Gasteiger partial charge is 0.128 e. The van der Waals surface area contributed by atoms with Crippen LogP contribution in [0, 0.1) is 0 Å². The fourth-order valence-corrected chi connectivity index (χ4v) is 2.25. The predicted octanol–water partition coefficient (Wildman–Crippen LogP) is 2.20. The molecule has 0 bridgehead atoms. The molecule has 0 amide bonds. The van der Waals surface area contributed by atoms with Crippen LogP contribution in [-0.4, -0.2) is 48.9 Å². The van der Waals surface area contributed by atoms with Crippen LogP contribution in [0.25, 0.3) is 0 Å². The van der Waals surface area contributed by atoms with E-state index >= 15 is 0 Å². The van der Waals surface area contributed by atoms with Crippen LogP contribution in [0.15, 0.2) is 41.5 Å². The normalized spacial score (nSPS) is 17.3. The van der Waals surface area contributed by atoms with Crippen molar-refractivity contribution < 1.29 is 0 Å². The van der Waals surface area contributed by atoms with Crippen molar-refractivity contribution in [3.8, 4) is 0 Å². The molecule has 102 valence electrons. The molecule has 0 aromatic carbocycles. The molecule has 2 heterocycles. The molecule has 1 fully saturated rings. The average Bonchev–Trinajstić information content (AvgIpc) is 2.49. The van der Waals surface area contributed by atoms with Crippen molar-refractivity contribution in [1.82, 2.24) is 9.88 Å². The van der Waals surface area contributed by atoms with E-state index in [4.69, 9.17) is 0 Å². The molecule has 0 spiro atoms. The zero-order valence-electron chi connectivity index (χ0n) is 11.8. The number of amidine groups is 1. The van der Waals surface area contributed by atoms with E-state index in [1.807, 2.05) is 25.4 Å². The first-order valence-corrected chi connectivity index (χ1v) is 6.89. The lowest BCUT2D eigenvalue weighted by Gasteiger charge is -2.36. The molecular weight excluding hydrogens is 236 g/mol. The minimum atomic E-state index is 0.996. The van der Waals surface area contributed by atoms with Crippen LogP contribution in [0.3, 0.4) is 0 Å². The van der Waals surface area contributed by atoms with Gasteiger partial charge in [-0.15, -0.1) is 0 Å². The van der Waals surface area contributed by atoms with E-state index in [9.17, 15) is 0 Å². The highest BCUT2D eigenvalue weighted by Gasteiger charge is 2.18. The van der Waals surface area contributed by atoms with Crippen molar-refractivity contribution >= 4 is 11.7 Å². The van der Waals surface area contributed by atoms with Gasteiger partial charge in [-0.2, -0.15) is 0 Å². The van der Waals surface area contributed by atoms with E-state index in [2.05, 4.69) is 44.9 Å². The maximum Gasteiger partial charge on any atom is 0.128 e. The van der Waals surface area contributed by atoms with Gasteiger partial charge in [0.25, 0.3) is 0 Å². The molecule has 1 aliphatic rings. The number of rotatable bonds is 3. The van der Waals surface area contributed by atoms with E-state index in [-0.39, 0.29) is 0 Å². The number of aromatic nitrogens is 1. The Morgan fingerprint density at radius 1 is 1.32 bits per heavy atom. The molecule has 19 heavy (non-hydrogen) atoms. The van der Waals surface area contributed by atoms with Crippen LogP contribution < -0.4 is 4.90 Å². The number of hydrogen-bond acceptors (Lipinski definition) is 3. The molecule has 4 nitrogen and oxygen atoms in total. The number of nitrogens with zero attached hydrogens (tertiary/aromatic N) is 4. The summed E-state index contributed by atoms with van der Waals surface area (Å²) in [6.45, 7) is 6.13. The Kier molecular flexibility index (Phi) is 4.95. The first-order valence-electron chi connectivity index (χ1n) is 6.89. The van der Waals surface area contributed by atoms with E-state index in [0.29, 0.717) is 0 Å². The summed E-state index contributed by atoms with van der Waals surface area (Å²) in [6, 6.07) is 6.07. The first-order chi connectivity index (χ1) is 9.35. The van der Waals surface area contributed by atoms with Crippen LogP contribution in [0.4, 0.5) is 5.82 Å². The van der Waals surface area contributed by atoms with Crippen molar-refractivity contribution in [3.63, 3.8) is 0 Å². The summed E-state index contributed by atoms with van der Waals surface area (Å²) in [5.74, 6) is 2.16. The Balaban J connectivity index is 1.94. The molecule has 1 aromatic heterocycles. The first kappa shape index (κ1) is 13.6. The molecule has 0 radical (unpaired) electrons. The Morgan fingerprint density at radius 3 is 2.68 bits per heavy atom. The summed E-state index contributed by atoms with van der Waals surface area (Å²) in [4.78, 5) is 13.4. The summed E-state index contributed by atoms with van der Waals surface area (Å²) >= 11 is 0. The van der Waals surface area contributed by atoms with Crippen LogP contribution in [-0.2, 0) is 0 Å². The van der Waals surface area contributed by atoms with Crippen LogP contribution >= 0.6 is 0 Å². The lowest BCUT2D eigenvalue weighted by molar-refractivity contribution is 0.386. The molecule has 2 rings (SSSR count). The molecule has 0 atom stereocenters. The minimum absolute atomic E-state index is 0.996. The summed E-state index contributed by atoms with van der Waals surface area (Å²) < 4.78 is 0. The van der Waals surface area contributed by atoms with Gasteiger partial charge in [0, 0.05) is 39.4 Å². The summed E-state index contributed by atoms with van der Waals surface area (Å²) in [5.41, 5.74) is 0. The molecule has 0 saturated carbocycles. The Morgan fingerprint density at radius 2 is 2.11 bits per heavy atom. The van der Waals surface area contributed by atoms with Gasteiger partial charge in [0.1, 0.15) is 11.7 Å². The van der Waals surface area contributed by atoms with Gasteiger partial charge in [-0.1, -0.05) is 19.1 Å². The molecule has 0 unspecified atom stereocenters. The number of hydrogen-bond donors (Lipinski definition) is 0. The maximum atomic E-state index is 4.41. The van der Waals surface area contributed by atoms with Gasteiger partial charge in [-0.3, -0.25) is 4.99 Å². The van der Waals surface area contributed by atoms with Crippen molar-refractivity contribution in [3.05, 3.63) is 36.5 Å². The topological polar surface area (TPSA) is 31.7 Å². The van der Waals surface area contributed by atoms with Crippen LogP contribution in [0.2, 0.25) is 0 Å². The number of pyridine rings is 1. The Hall–Kier alpha value is -1.84. The number of piperazine rings is 1. The zero-order valence-corrected chi connectivity index (χ0v) is 11.8. The van der Waals surface area contributed by atoms with Gasteiger partial charge >= 0.3 is 0 Å². The quantitative estimate of drug-likeness (QED) is 0.615. The monoisotopic (exact) mass is 258 g/mol. The molecule has 0 N–H and O–H groups in total. The fraction of sp³-hybridized carbons (Fsp3) is 0.467. The maximum absolute atomic E-state index is 4.41. The second kappa shape index (κ2) is 6.92. The van der Waals surface area contributed by atoms with Gasteiger partial charge in [-0.25, -0.2) is 4.98 Å². The van der Waals surface area contributed by atoms with E-state index in [0.717, 1.165) is 44.3 Å². The van der Waals surface area contributed by atoms with Crippen LogP contribution in [0.5, 0.6) is 0 Å². The number of allylic oxidation sites excluding steroid dienone is 1. The summed E-state index contributed by atoms with van der Waals surface area (Å²) in [5, 5.41) is 0. The molecular formula is C15H22N4. The highest BCUT2D eigenvalue weighted by Crippen LogP contribution is 2.13. The standard InChI is InChI=1S/C15H22N4/c1-3-4-7-14(16-2)18-10-12-19(13-11-18)15-8-5-6-9-17-15/h4-9H,3,10-13H2,1-2H3/b7-4-,16-14+. The minimum Gasteiger partial charge on any atom is -0.353 e. The van der Waals surface area contributed by atoms with E-state index < -0.39 is 0 Å². The summed E-state index contributed by atoms with van der Waals surface area (Å²) in [6.07, 6.45) is 7.18. The van der Waals surface area contributed by atoms with Crippen molar-refractivity contribution in [1.29, 1.82) is 0 Å². The molecule has 1 saturated heterocycles. The summed E-state index contributed by atoms with van der Waals surface area (Å²) in [7, 11) is 1.86. The predicted molar refractivity (Wildman–Crippen MR) is 80.8 cm³/mol. The lowest BCUT2D eigenvalue weighted by Crippen LogP contribution is -2.48. The van der Waals surface area contributed by atoms with Gasteiger partial charge in [-0.05, 0) is 24.6 Å². The largest absolute Gasteiger partial charge is 0.353 e. The Bertz CT molecular complexity index is 431. The molecule has 1 aromatic rings. The third kappa shape index (κ3) is 3.56. The van der Waals surface area contributed by atoms with Crippen molar-refractivity contribution in [2.75, 3.05) is 38.1 Å². The highest BCUT2D eigenvalue weighted by atomic mass is 15.3. The SMILES string of the molecule is CC/C=C\C(=N/C)N1CCN(c2ccccn2)CC1. The molecule has 0 aliphatic carbocycles. The second-order valence-corrected chi connectivity index (χ2v) is 4.55. The lowest BCUT2D eigenvalue weighted by atomic mass is 10.2. The van der Waals surface area contributed by atoms with Gasteiger partial charge < -0.3 is 9.80 Å². The third-order valence-corrected chi connectivity index (χ3v) is 3.31. The second-order valence-electron chi connectivity index (χ2n) is 4.55. The van der Waals surface area contributed by atoms with Gasteiger partial charge in [0.2, 0.25) is 0 Å². The average molecular weight is 258 g/mol. The van der Waals surface area contributed by atoms with E-state index in [1.165, 1.54) is 0 Å². The Labute approximate surface area is 115 Å². The molecule has 4 heteroatoms. The zero-order chi connectivity index (χ0) is 13.5. The van der Waals surface area contributed by atoms with Crippen molar-refractivity contribution in [2.24, 2.45) is 4.99 Å². The fourth-order valence-electron chi connectivity index (χ4n) is 2.25. The molecule has 1 aliphatic heterocycles. The third-order valence-electron chi connectivity index (χ3n) is 3.31. The highest BCUT2D eigenvalue weighted by molar-refractivity contribution is 5.93. The van der Waals surface area contributed by atoms with E-state index in [1.54, 1.807) is 0 Å². The number of anilines is 1. The number of aliphatic imine (C=N–C) groups is 1. The van der Waals surface area contributed by atoms with Crippen LogP contribution in [0.1, 0.15) is 13.3 Å². The van der Waals surface area contributed by atoms with Gasteiger partial charge in [0.05, 0.1) is 0 Å². The van der Waals surface area contributed by atoms with Crippen molar-refractivity contribution in [2.45, 2.75) is 13.3 Å². The van der Waals surface area contributed by atoms with Gasteiger partial charge in [0.15, 0.2) is 0 Å².